The van der Waals surface area contributed by atoms with E-state index in [1.54, 1.807) is 42.5 Å². The number of nitrogens with one attached hydrogen (secondary N) is 1. The molecule has 0 aliphatic carbocycles. The predicted octanol–water partition coefficient (Wildman–Crippen LogP) is 3.77. The van der Waals surface area contributed by atoms with Crippen LogP contribution in [0.25, 0.3) is 0 Å². The summed E-state index contributed by atoms with van der Waals surface area (Å²) in [6, 6.07) is 11.8. The van der Waals surface area contributed by atoms with Crippen molar-refractivity contribution in [3.05, 3.63) is 64.2 Å². The van der Waals surface area contributed by atoms with Crippen LogP contribution in [0.3, 0.4) is 0 Å². The normalized spacial score (nSPS) is 13.3. The van der Waals surface area contributed by atoms with Gasteiger partial charge < -0.3 is 5.32 Å². The molecule has 0 fully saturated rings. The average molecular weight is 371 g/mol. The van der Waals surface area contributed by atoms with E-state index in [0.29, 0.717) is 28.4 Å². The summed E-state index contributed by atoms with van der Waals surface area (Å²) in [6.07, 6.45) is 0.195. The summed E-state index contributed by atoms with van der Waals surface area (Å²) < 4.78 is 0. The molecular formula is C20H19ClN2O3. The number of benzene rings is 2. The van der Waals surface area contributed by atoms with Crippen LogP contribution in [-0.2, 0) is 11.2 Å². The smallest absolute Gasteiger partial charge is 0.261 e. The van der Waals surface area contributed by atoms with Crippen LogP contribution in [0.4, 0.5) is 5.69 Å². The Labute approximate surface area is 156 Å². The van der Waals surface area contributed by atoms with Gasteiger partial charge in [0, 0.05) is 17.3 Å². The van der Waals surface area contributed by atoms with Gasteiger partial charge in [0.2, 0.25) is 5.91 Å². The zero-order valence-corrected chi connectivity index (χ0v) is 15.3. The summed E-state index contributed by atoms with van der Waals surface area (Å²) in [5.41, 5.74) is 2.05. The van der Waals surface area contributed by atoms with Crippen molar-refractivity contribution in [3.63, 3.8) is 0 Å². The number of carbonyl (C=O) groups excluding carboxylic acids is 3. The van der Waals surface area contributed by atoms with Crippen molar-refractivity contribution in [3.8, 4) is 0 Å². The topological polar surface area (TPSA) is 66.5 Å². The van der Waals surface area contributed by atoms with Crippen molar-refractivity contribution in [2.45, 2.75) is 20.3 Å². The molecule has 1 aliphatic rings. The number of hydrogen-bond acceptors (Lipinski definition) is 3. The highest BCUT2D eigenvalue weighted by Crippen LogP contribution is 2.26. The van der Waals surface area contributed by atoms with Gasteiger partial charge in [0.15, 0.2) is 0 Å². The van der Waals surface area contributed by atoms with E-state index in [9.17, 15) is 14.4 Å². The zero-order valence-electron chi connectivity index (χ0n) is 14.6. The maximum atomic E-state index is 12.5. The average Bonchev–Trinajstić information content (AvgIpc) is 2.81. The number of nitrogens with zero attached hydrogens (tertiary/aromatic N) is 1. The van der Waals surface area contributed by atoms with Gasteiger partial charge in [-0.15, -0.1) is 0 Å². The minimum atomic E-state index is -0.312. The maximum absolute atomic E-state index is 12.5. The summed E-state index contributed by atoms with van der Waals surface area (Å²) >= 11 is 5.84. The van der Waals surface area contributed by atoms with Crippen LogP contribution in [0.2, 0.25) is 5.02 Å². The molecule has 134 valence electrons. The van der Waals surface area contributed by atoms with Crippen molar-refractivity contribution >= 4 is 35.0 Å². The van der Waals surface area contributed by atoms with Crippen molar-refractivity contribution in [1.29, 1.82) is 0 Å². The lowest BCUT2D eigenvalue weighted by molar-refractivity contribution is -0.115. The lowest BCUT2D eigenvalue weighted by Crippen LogP contribution is -2.33. The molecule has 0 saturated carbocycles. The van der Waals surface area contributed by atoms with Crippen LogP contribution in [0.15, 0.2) is 42.5 Å². The molecule has 0 aromatic heterocycles. The standard InChI is InChI=1S/C20H19ClN2O3/c1-12(2)11-23-19(25)16-8-7-15(10-17(16)20(23)26)22-18(24)9-13-3-5-14(21)6-4-13/h3-8,10,12H,9,11H2,1-2H3,(H,22,24). The second-order valence-electron chi connectivity index (χ2n) is 6.73. The van der Waals surface area contributed by atoms with Gasteiger partial charge in [0.05, 0.1) is 17.5 Å². The number of carbonyl (C=O) groups is 3. The molecule has 0 atom stereocenters. The molecule has 6 heteroatoms. The predicted molar refractivity (Wildman–Crippen MR) is 100 cm³/mol. The number of hydrogen-bond donors (Lipinski definition) is 1. The van der Waals surface area contributed by atoms with E-state index in [-0.39, 0.29) is 30.1 Å². The van der Waals surface area contributed by atoms with Crippen molar-refractivity contribution in [2.24, 2.45) is 5.92 Å². The van der Waals surface area contributed by atoms with Crippen LogP contribution >= 0.6 is 11.6 Å². The first kappa shape index (κ1) is 18.1. The molecular weight excluding hydrogens is 352 g/mol. The second-order valence-corrected chi connectivity index (χ2v) is 7.16. The van der Waals surface area contributed by atoms with Gasteiger partial charge in [-0.1, -0.05) is 37.6 Å². The Bertz CT molecular complexity index is 875. The molecule has 2 aromatic rings. The summed E-state index contributed by atoms with van der Waals surface area (Å²) in [4.78, 5) is 38.3. The first-order chi connectivity index (χ1) is 12.3. The third kappa shape index (κ3) is 3.78. The van der Waals surface area contributed by atoms with E-state index in [2.05, 4.69) is 5.32 Å². The monoisotopic (exact) mass is 370 g/mol. The molecule has 1 heterocycles. The van der Waals surface area contributed by atoms with Crippen molar-refractivity contribution in [2.75, 3.05) is 11.9 Å². The summed E-state index contributed by atoms with van der Waals surface area (Å²) in [6.45, 7) is 4.28. The number of rotatable bonds is 5. The molecule has 1 N–H and O–H groups in total. The number of anilines is 1. The van der Waals surface area contributed by atoms with Gasteiger partial charge in [-0.2, -0.15) is 0 Å². The van der Waals surface area contributed by atoms with E-state index in [1.165, 1.54) is 4.90 Å². The van der Waals surface area contributed by atoms with Crippen molar-refractivity contribution < 1.29 is 14.4 Å². The molecule has 2 aromatic carbocycles. The number of amides is 3. The van der Waals surface area contributed by atoms with Crippen LogP contribution in [0.1, 0.15) is 40.1 Å². The highest BCUT2D eigenvalue weighted by molar-refractivity contribution is 6.30. The molecule has 26 heavy (non-hydrogen) atoms. The molecule has 3 amide bonds. The van der Waals surface area contributed by atoms with Gasteiger partial charge in [-0.25, -0.2) is 0 Å². The van der Waals surface area contributed by atoms with E-state index in [4.69, 9.17) is 11.6 Å². The van der Waals surface area contributed by atoms with E-state index >= 15 is 0 Å². The van der Waals surface area contributed by atoms with Gasteiger partial charge >= 0.3 is 0 Å². The van der Waals surface area contributed by atoms with E-state index in [0.717, 1.165) is 5.56 Å². The molecule has 3 rings (SSSR count). The van der Waals surface area contributed by atoms with Gasteiger partial charge in [0.25, 0.3) is 11.8 Å². The molecule has 0 bridgehead atoms. The summed E-state index contributed by atoms with van der Waals surface area (Å²) in [5, 5.41) is 3.38. The fraction of sp³-hybridized carbons (Fsp3) is 0.250. The fourth-order valence-corrected chi connectivity index (χ4v) is 3.02. The minimum absolute atomic E-state index is 0.191. The highest BCUT2D eigenvalue weighted by Gasteiger charge is 2.35. The number of halogens is 1. The Kier molecular flexibility index (Phi) is 5.09. The molecule has 1 aliphatic heterocycles. The Morgan fingerprint density at radius 3 is 2.35 bits per heavy atom. The molecule has 0 saturated heterocycles. The first-order valence-corrected chi connectivity index (χ1v) is 8.77. The van der Waals surface area contributed by atoms with E-state index in [1.807, 2.05) is 13.8 Å². The largest absolute Gasteiger partial charge is 0.326 e. The van der Waals surface area contributed by atoms with Crippen LogP contribution < -0.4 is 5.32 Å². The lowest BCUT2D eigenvalue weighted by atomic mass is 10.1. The fourth-order valence-electron chi connectivity index (χ4n) is 2.89. The Morgan fingerprint density at radius 1 is 1.04 bits per heavy atom. The van der Waals surface area contributed by atoms with E-state index < -0.39 is 0 Å². The third-order valence-corrected chi connectivity index (χ3v) is 4.33. The maximum Gasteiger partial charge on any atom is 0.261 e. The molecule has 0 radical (unpaired) electrons. The Morgan fingerprint density at radius 2 is 1.69 bits per heavy atom. The van der Waals surface area contributed by atoms with Crippen LogP contribution in [0.5, 0.6) is 0 Å². The highest BCUT2D eigenvalue weighted by atomic mass is 35.5. The van der Waals surface area contributed by atoms with Crippen molar-refractivity contribution in [1.82, 2.24) is 4.90 Å². The lowest BCUT2D eigenvalue weighted by Gasteiger charge is -2.15. The zero-order chi connectivity index (χ0) is 18.8. The third-order valence-electron chi connectivity index (χ3n) is 4.08. The SMILES string of the molecule is CC(C)CN1C(=O)c2ccc(NC(=O)Cc3ccc(Cl)cc3)cc2C1=O. The number of imide groups is 1. The van der Waals surface area contributed by atoms with Gasteiger partial charge in [0.1, 0.15) is 0 Å². The molecule has 0 unspecified atom stereocenters. The second kappa shape index (κ2) is 7.30. The van der Waals surface area contributed by atoms with Gasteiger partial charge in [-0.3, -0.25) is 19.3 Å². The first-order valence-electron chi connectivity index (χ1n) is 8.39. The summed E-state index contributed by atoms with van der Waals surface area (Å²) in [5.74, 6) is -0.607. The Balaban J connectivity index is 1.73. The van der Waals surface area contributed by atoms with Crippen LogP contribution in [-0.4, -0.2) is 29.2 Å². The van der Waals surface area contributed by atoms with Gasteiger partial charge in [-0.05, 0) is 41.8 Å². The summed E-state index contributed by atoms with van der Waals surface area (Å²) in [7, 11) is 0. The minimum Gasteiger partial charge on any atom is -0.326 e. The molecule has 0 spiro atoms. The Hall–Kier alpha value is -2.66. The number of fused-ring (bicyclic) bond motifs is 1. The van der Waals surface area contributed by atoms with Crippen LogP contribution in [0, 0.1) is 5.92 Å². The molecule has 5 nitrogen and oxygen atoms in total. The quantitative estimate of drug-likeness (QED) is 0.814.